The van der Waals surface area contributed by atoms with E-state index in [1.54, 1.807) is 0 Å². The first kappa shape index (κ1) is 14.1. The highest BCUT2D eigenvalue weighted by Gasteiger charge is 2.14. The van der Waals surface area contributed by atoms with Crippen LogP contribution in [0.25, 0.3) is 0 Å². The van der Waals surface area contributed by atoms with Crippen molar-refractivity contribution in [1.29, 1.82) is 0 Å². The zero-order valence-corrected chi connectivity index (χ0v) is 13.4. The average molecular weight is 346 g/mol. The van der Waals surface area contributed by atoms with Gasteiger partial charge in [-0.15, -0.1) is 11.3 Å². The number of aliphatic hydroxyl groups excluding tert-OH is 1. The standard InChI is InChI=1S/C14H14BrClOS/c1-8-3-4-9(2)10(5-8)6-12(17)13-7-11(16)14(15)18-13/h3-5,7,12,17H,6H2,1-2H3. The molecule has 0 saturated heterocycles. The molecule has 1 aromatic heterocycles. The number of thiophene rings is 1. The summed E-state index contributed by atoms with van der Waals surface area (Å²) in [4.78, 5) is 0.896. The van der Waals surface area contributed by atoms with E-state index in [1.165, 1.54) is 28.0 Å². The molecule has 0 aliphatic rings. The Morgan fingerprint density at radius 3 is 2.67 bits per heavy atom. The Morgan fingerprint density at radius 1 is 1.33 bits per heavy atom. The van der Waals surface area contributed by atoms with Gasteiger partial charge in [0.25, 0.3) is 0 Å². The molecular formula is C14H14BrClOS. The average Bonchev–Trinajstić information content (AvgIpc) is 2.64. The molecule has 0 saturated carbocycles. The molecule has 0 fully saturated rings. The predicted molar refractivity (Wildman–Crippen MR) is 81.6 cm³/mol. The Balaban J connectivity index is 2.20. The largest absolute Gasteiger partial charge is 0.387 e. The summed E-state index contributed by atoms with van der Waals surface area (Å²) in [6.45, 7) is 4.13. The quantitative estimate of drug-likeness (QED) is 0.824. The summed E-state index contributed by atoms with van der Waals surface area (Å²) in [5, 5.41) is 10.9. The van der Waals surface area contributed by atoms with Crippen molar-refractivity contribution in [3.8, 4) is 0 Å². The van der Waals surface area contributed by atoms with Crippen LogP contribution in [0.2, 0.25) is 5.02 Å². The van der Waals surface area contributed by atoms with Crippen LogP contribution in [0.3, 0.4) is 0 Å². The van der Waals surface area contributed by atoms with Crippen LogP contribution < -0.4 is 0 Å². The molecule has 1 atom stereocenters. The molecule has 0 amide bonds. The van der Waals surface area contributed by atoms with E-state index in [4.69, 9.17) is 11.6 Å². The van der Waals surface area contributed by atoms with Gasteiger partial charge in [0.05, 0.1) is 14.9 Å². The van der Waals surface area contributed by atoms with Crippen molar-refractivity contribution in [2.24, 2.45) is 0 Å². The van der Waals surface area contributed by atoms with Gasteiger partial charge in [-0.3, -0.25) is 0 Å². The summed E-state index contributed by atoms with van der Waals surface area (Å²) in [5.74, 6) is 0. The molecule has 1 nitrogen and oxygen atoms in total. The molecule has 1 N–H and O–H groups in total. The lowest BCUT2D eigenvalue weighted by molar-refractivity contribution is 0.182. The van der Waals surface area contributed by atoms with Crippen LogP contribution in [0.4, 0.5) is 0 Å². The van der Waals surface area contributed by atoms with E-state index in [0.717, 1.165) is 8.66 Å². The third-order valence-corrected chi connectivity index (χ3v) is 5.49. The van der Waals surface area contributed by atoms with Crippen LogP contribution >= 0.6 is 38.9 Å². The minimum absolute atomic E-state index is 0.501. The van der Waals surface area contributed by atoms with E-state index < -0.39 is 6.10 Å². The highest BCUT2D eigenvalue weighted by atomic mass is 79.9. The lowest BCUT2D eigenvalue weighted by Crippen LogP contribution is -2.01. The van der Waals surface area contributed by atoms with Crippen molar-refractivity contribution in [3.05, 3.63) is 54.6 Å². The number of hydrogen-bond acceptors (Lipinski definition) is 2. The van der Waals surface area contributed by atoms with Crippen LogP contribution in [0.1, 0.15) is 27.7 Å². The fourth-order valence-electron chi connectivity index (χ4n) is 1.86. The summed E-state index contributed by atoms with van der Waals surface area (Å²) in [5.41, 5.74) is 3.61. The minimum Gasteiger partial charge on any atom is -0.387 e. The molecule has 1 unspecified atom stereocenters. The molecule has 1 heterocycles. The molecule has 2 aromatic rings. The third kappa shape index (κ3) is 3.15. The van der Waals surface area contributed by atoms with Crippen molar-refractivity contribution < 1.29 is 5.11 Å². The minimum atomic E-state index is -0.501. The maximum atomic E-state index is 10.3. The van der Waals surface area contributed by atoms with Gasteiger partial charge < -0.3 is 5.11 Å². The highest BCUT2D eigenvalue weighted by molar-refractivity contribution is 9.11. The van der Waals surface area contributed by atoms with Gasteiger partial charge in [-0.2, -0.15) is 0 Å². The molecule has 0 aliphatic carbocycles. The number of halogens is 2. The van der Waals surface area contributed by atoms with Gasteiger partial charge in [-0.05, 0) is 47.0 Å². The Kier molecular flexibility index (Phi) is 4.49. The predicted octanol–water partition coefficient (Wildman–Crippen LogP) is 5.06. The van der Waals surface area contributed by atoms with Gasteiger partial charge in [0.15, 0.2) is 0 Å². The van der Waals surface area contributed by atoms with E-state index >= 15 is 0 Å². The zero-order valence-electron chi connectivity index (χ0n) is 10.2. The van der Waals surface area contributed by atoms with E-state index in [9.17, 15) is 5.11 Å². The number of benzene rings is 1. The fourth-order valence-corrected chi connectivity index (χ4v) is 3.59. The Labute approximate surface area is 125 Å². The number of hydrogen-bond donors (Lipinski definition) is 1. The summed E-state index contributed by atoms with van der Waals surface area (Å²) in [7, 11) is 0. The molecule has 96 valence electrons. The number of aliphatic hydroxyl groups is 1. The van der Waals surface area contributed by atoms with Crippen molar-refractivity contribution in [1.82, 2.24) is 0 Å². The van der Waals surface area contributed by atoms with Crippen LogP contribution in [-0.4, -0.2) is 5.11 Å². The SMILES string of the molecule is Cc1ccc(C)c(CC(O)c2cc(Cl)c(Br)s2)c1. The highest BCUT2D eigenvalue weighted by Crippen LogP contribution is 2.36. The van der Waals surface area contributed by atoms with E-state index in [1.807, 2.05) is 6.07 Å². The molecule has 1 aromatic carbocycles. The Hall–Kier alpha value is -0.350. The molecule has 2 rings (SSSR count). The molecule has 18 heavy (non-hydrogen) atoms. The Morgan fingerprint density at radius 2 is 2.06 bits per heavy atom. The van der Waals surface area contributed by atoms with E-state index in [2.05, 4.69) is 48.0 Å². The topological polar surface area (TPSA) is 20.2 Å². The first-order valence-corrected chi connectivity index (χ1v) is 7.65. The van der Waals surface area contributed by atoms with Crippen molar-refractivity contribution in [2.75, 3.05) is 0 Å². The second-order valence-corrected chi connectivity index (χ2v) is 7.23. The lowest BCUT2D eigenvalue weighted by atomic mass is 10.00. The molecule has 0 bridgehead atoms. The van der Waals surface area contributed by atoms with Gasteiger partial charge >= 0.3 is 0 Å². The fraction of sp³-hybridized carbons (Fsp3) is 0.286. The van der Waals surface area contributed by atoms with Crippen molar-refractivity contribution >= 4 is 38.9 Å². The summed E-state index contributed by atoms with van der Waals surface area (Å²) >= 11 is 10.8. The first-order valence-electron chi connectivity index (χ1n) is 5.66. The monoisotopic (exact) mass is 344 g/mol. The third-order valence-electron chi connectivity index (χ3n) is 2.91. The second kappa shape index (κ2) is 5.74. The van der Waals surface area contributed by atoms with Crippen molar-refractivity contribution in [2.45, 2.75) is 26.4 Å². The maximum Gasteiger partial charge on any atom is 0.0923 e. The van der Waals surface area contributed by atoms with E-state index in [-0.39, 0.29) is 0 Å². The van der Waals surface area contributed by atoms with Gasteiger partial charge in [0.2, 0.25) is 0 Å². The van der Waals surface area contributed by atoms with E-state index in [0.29, 0.717) is 11.4 Å². The van der Waals surface area contributed by atoms with Gasteiger partial charge in [-0.25, -0.2) is 0 Å². The summed E-state index contributed by atoms with van der Waals surface area (Å²) in [6.07, 6.45) is 0.121. The summed E-state index contributed by atoms with van der Waals surface area (Å²) < 4.78 is 0.874. The number of rotatable bonds is 3. The molecule has 0 spiro atoms. The van der Waals surface area contributed by atoms with Crippen LogP contribution in [0, 0.1) is 13.8 Å². The molecule has 4 heteroatoms. The van der Waals surface area contributed by atoms with Gasteiger partial charge in [0, 0.05) is 11.3 Å². The second-order valence-electron chi connectivity index (χ2n) is 4.42. The lowest BCUT2D eigenvalue weighted by Gasteiger charge is -2.11. The molecule has 0 aliphatic heterocycles. The van der Waals surface area contributed by atoms with Gasteiger partial charge in [-0.1, -0.05) is 35.4 Å². The van der Waals surface area contributed by atoms with Crippen molar-refractivity contribution in [3.63, 3.8) is 0 Å². The maximum absolute atomic E-state index is 10.3. The zero-order chi connectivity index (χ0) is 13.3. The number of aryl methyl sites for hydroxylation is 2. The van der Waals surface area contributed by atoms with Crippen LogP contribution in [0.5, 0.6) is 0 Å². The first-order chi connectivity index (χ1) is 8.47. The van der Waals surface area contributed by atoms with Crippen LogP contribution in [0.15, 0.2) is 28.1 Å². The van der Waals surface area contributed by atoms with Gasteiger partial charge in [0.1, 0.15) is 0 Å². The molecule has 0 radical (unpaired) electrons. The summed E-state index contributed by atoms with van der Waals surface area (Å²) in [6, 6.07) is 8.13. The van der Waals surface area contributed by atoms with Crippen LogP contribution in [-0.2, 0) is 6.42 Å². The smallest absolute Gasteiger partial charge is 0.0923 e. The molecular weight excluding hydrogens is 332 g/mol. The Bertz CT molecular complexity index is 545. The normalized spacial score (nSPS) is 12.7.